The molecular weight excluding hydrogens is 422 g/mol. The average molecular weight is 465 g/mol. The van der Waals surface area contributed by atoms with E-state index in [1.807, 2.05) is 55.4 Å². The minimum Gasteiger partial charge on any atom is -0.444 e. The van der Waals surface area contributed by atoms with Crippen LogP contribution in [0.1, 0.15) is 55.4 Å². The number of hydrogen-bond donors (Lipinski definition) is 1. The molecule has 188 valence electrons. The number of nitrogens with zero attached hydrogens (tertiary/aromatic N) is 3. The number of halogens is 2. The number of amides is 2. The highest BCUT2D eigenvalue weighted by molar-refractivity contribution is 5.69. The van der Waals surface area contributed by atoms with Crippen LogP contribution in [-0.4, -0.2) is 102 Å². The van der Waals surface area contributed by atoms with Crippen molar-refractivity contribution in [2.75, 3.05) is 45.8 Å². The van der Waals surface area contributed by atoms with Crippen LogP contribution < -0.4 is 5.32 Å². The molecule has 2 aliphatic rings. The van der Waals surface area contributed by atoms with Gasteiger partial charge in [0.05, 0.1) is 6.54 Å². The largest absolute Gasteiger partial charge is 0.444 e. The van der Waals surface area contributed by atoms with Crippen molar-refractivity contribution in [3.8, 4) is 0 Å². The molecule has 2 rings (SSSR count). The van der Waals surface area contributed by atoms with Gasteiger partial charge in [-0.3, -0.25) is 4.90 Å². The Balaban J connectivity index is 0.000000330. The van der Waals surface area contributed by atoms with E-state index in [1.165, 1.54) is 0 Å². The smallest absolute Gasteiger partial charge is 0.410 e. The molecule has 0 unspecified atom stereocenters. The van der Waals surface area contributed by atoms with Gasteiger partial charge >= 0.3 is 12.2 Å². The summed E-state index contributed by atoms with van der Waals surface area (Å²) in [7, 11) is 0. The molecule has 2 aliphatic heterocycles. The predicted molar refractivity (Wildman–Crippen MR) is 120 cm³/mol. The van der Waals surface area contributed by atoms with Gasteiger partial charge in [-0.1, -0.05) is 0 Å². The normalized spacial score (nSPS) is 22.8. The van der Waals surface area contributed by atoms with Crippen LogP contribution in [0.3, 0.4) is 0 Å². The molecule has 32 heavy (non-hydrogen) atoms. The SMILES string of the molecule is C[C@@H]1CN(CC(F)F)CCN1C(=O)OC(C)(C)C.C[C@@H]1CNCCN1C(=O)OC(C)(C)C. The lowest BCUT2D eigenvalue weighted by molar-refractivity contribution is -0.00662. The Bertz CT molecular complexity index is 608. The second kappa shape index (κ2) is 12.0. The molecule has 10 heteroatoms. The van der Waals surface area contributed by atoms with Crippen molar-refractivity contribution in [1.82, 2.24) is 20.0 Å². The molecule has 2 heterocycles. The van der Waals surface area contributed by atoms with Gasteiger partial charge in [-0.25, -0.2) is 18.4 Å². The molecule has 0 bridgehead atoms. The molecule has 8 nitrogen and oxygen atoms in total. The Labute approximate surface area is 191 Å². The lowest BCUT2D eigenvalue weighted by Gasteiger charge is -2.40. The van der Waals surface area contributed by atoms with E-state index >= 15 is 0 Å². The Kier molecular flexibility index (Phi) is 10.6. The second-order valence-corrected chi connectivity index (χ2v) is 10.4. The zero-order valence-electron chi connectivity index (χ0n) is 20.9. The first kappa shape index (κ1) is 28.4. The van der Waals surface area contributed by atoms with Gasteiger partial charge in [0.15, 0.2) is 0 Å². The summed E-state index contributed by atoms with van der Waals surface area (Å²) < 4.78 is 35.1. The molecule has 0 saturated carbocycles. The number of nitrogens with one attached hydrogen (secondary N) is 1. The fourth-order valence-corrected chi connectivity index (χ4v) is 3.42. The standard InChI is InChI=1S/C12H22F2N2O2.C10H20N2O2/c1-9-7-15(8-10(13)14)5-6-16(9)11(17)18-12(2,3)4;1-8-7-11-5-6-12(8)9(13)14-10(2,3)4/h9-10H,5-8H2,1-4H3;8,11H,5-7H2,1-4H3/t9-;8-/m11/s1. The molecule has 0 radical (unpaired) electrons. The zero-order chi connectivity index (χ0) is 24.7. The van der Waals surface area contributed by atoms with Gasteiger partial charge in [-0.15, -0.1) is 0 Å². The summed E-state index contributed by atoms with van der Waals surface area (Å²) in [6.07, 6.45) is -2.90. The van der Waals surface area contributed by atoms with E-state index in [0.29, 0.717) is 19.6 Å². The van der Waals surface area contributed by atoms with Gasteiger partial charge in [-0.2, -0.15) is 0 Å². The Morgan fingerprint density at radius 3 is 1.81 bits per heavy atom. The molecule has 0 aromatic rings. The lowest BCUT2D eigenvalue weighted by Crippen LogP contribution is -2.55. The van der Waals surface area contributed by atoms with E-state index in [4.69, 9.17) is 9.47 Å². The molecule has 0 aliphatic carbocycles. The number of hydrogen-bond acceptors (Lipinski definition) is 6. The van der Waals surface area contributed by atoms with Crippen molar-refractivity contribution in [3.63, 3.8) is 0 Å². The van der Waals surface area contributed by atoms with Crippen LogP contribution >= 0.6 is 0 Å². The van der Waals surface area contributed by atoms with E-state index in [9.17, 15) is 18.4 Å². The minimum absolute atomic E-state index is 0.104. The van der Waals surface area contributed by atoms with Gasteiger partial charge in [-0.05, 0) is 55.4 Å². The molecular formula is C22H42F2N4O4. The quantitative estimate of drug-likeness (QED) is 0.675. The van der Waals surface area contributed by atoms with Gasteiger partial charge < -0.3 is 24.6 Å². The van der Waals surface area contributed by atoms with Crippen LogP contribution in [-0.2, 0) is 9.47 Å². The first-order valence-corrected chi connectivity index (χ1v) is 11.3. The summed E-state index contributed by atoms with van der Waals surface area (Å²) in [5.41, 5.74) is -0.932. The van der Waals surface area contributed by atoms with E-state index < -0.39 is 17.6 Å². The number of alkyl halides is 2. The number of ether oxygens (including phenoxy) is 2. The summed E-state index contributed by atoms with van der Waals surface area (Å²) in [5.74, 6) is 0. The van der Waals surface area contributed by atoms with Gasteiger partial charge in [0.25, 0.3) is 6.43 Å². The second-order valence-electron chi connectivity index (χ2n) is 10.4. The van der Waals surface area contributed by atoms with E-state index in [-0.39, 0.29) is 30.8 Å². The van der Waals surface area contributed by atoms with Gasteiger partial charge in [0.1, 0.15) is 11.2 Å². The maximum absolute atomic E-state index is 12.3. The van der Waals surface area contributed by atoms with E-state index in [0.717, 1.165) is 19.6 Å². The zero-order valence-corrected chi connectivity index (χ0v) is 20.9. The van der Waals surface area contributed by atoms with E-state index in [1.54, 1.807) is 14.7 Å². The highest BCUT2D eigenvalue weighted by Crippen LogP contribution is 2.16. The highest BCUT2D eigenvalue weighted by atomic mass is 19.3. The maximum Gasteiger partial charge on any atom is 0.410 e. The molecule has 2 fully saturated rings. The van der Waals surface area contributed by atoms with Crippen LogP contribution in [0.2, 0.25) is 0 Å². The Hall–Kier alpha value is -1.68. The van der Waals surface area contributed by atoms with Crippen molar-refractivity contribution >= 4 is 12.2 Å². The fourth-order valence-electron chi connectivity index (χ4n) is 3.42. The average Bonchev–Trinajstić information content (AvgIpc) is 2.59. The predicted octanol–water partition coefficient (Wildman–Crippen LogP) is 3.41. The summed E-state index contributed by atoms with van der Waals surface area (Å²) in [6.45, 7) is 18.5. The van der Waals surface area contributed by atoms with Crippen molar-refractivity contribution in [1.29, 1.82) is 0 Å². The minimum atomic E-state index is -2.33. The van der Waals surface area contributed by atoms with Crippen LogP contribution in [0.4, 0.5) is 18.4 Å². The topological polar surface area (TPSA) is 74.4 Å². The fraction of sp³-hybridized carbons (Fsp3) is 0.909. The summed E-state index contributed by atoms with van der Waals surface area (Å²) in [6, 6.07) is 0.117. The molecule has 0 spiro atoms. The number of rotatable bonds is 2. The molecule has 2 amide bonds. The summed E-state index contributed by atoms with van der Waals surface area (Å²) in [5, 5.41) is 3.23. The Morgan fingerprint density at radius 1 is 0.906 bits per heavy atom. The van der Waals surface area contributed by atoms with Crippen molar-refractivity contribution in [2.45, 2.75) is 85.1 Å². The molecule has 1 N–H and O–H groups in total. The van der Waals surface area contributed by atoms with Gasteiger partial charge in [0, 0.05) is 51.4 Å². The third kappa shape index (κ3) is 10.8. The van der Waals surface area contributed by atoms with E-state index in [2.05, 4.69) is 5.32 Å². The number of piperazine rings is 2. The monoisotopic (exact) mass is 464 g/mol. The van der Waals surface area contributed by atoms with Crippen LogP contribution in [0.5, 0.6) is 0 Å². The van der Waals surface area contributed by atoms with Crippen LogP contribution in [0.25, 0.3) is 0 Å². The van der Waals surface area contributed by atoms with Crippen molar-refractivity contribution in [3.05, 3.63) is 0 Å². The third-order valence-corrected chi connectivity index (χ3v) is 4.87. The summed E-state index contributed by atoms with van der Waals surface area (Å²) in [4.78, 5) is 28.7. The third-order valence-electron chi connectivity index (χ3n) is 4.87. The molecule has 0 aromatic heterocycles. The highest BCUT2D eigenvalue weighted by Gasteiger charge is 2.31. The summed E-state index contributed by atoms with van der Waals surface area (Å²) >= 11 is 0. The molecule has 2 saturated heterocycles. The van der Waals surface area contributed by atoms with Crippen LogP contribution in [0, 0.1) is 0 Å². The molecule has 2 atom stereocenters. The van der Waals surface area contributed by atoms with Gasteiger partial charge in [0.2, 0.25) is 0 Å². The van der Waals surface area contributed by atoms with Crippen molar-refractivity contribution < 1.29 is 27.8 Å². The number of carbonyl (C=O) groups excluding carboxylic acids is 2. The Morgan fingerprint density at radius 2 is 1.41 bits per heavy atom. The number of carbonyl (C=O) groups is 2. The maximum atomic E-state index is 12.3. The first-order chi connectivity index (χ1) is 14.6. The first-order valence-electron chi connectivity index (χ1n) is 11.3. The molecule has 0 aromatic carbocycles. The lowest BCUT2D eigenvalue weighted by atomic mass is 10.2. The van der Waals surface area contributed by atoms with Crippen LogP contribution in [0.15, 0.2) is 0 Å². The van der Waals surface area contributed by atoms with Crippen molar-refractivity contribution in [2.24, 2.45) is 0 Å².